The lowest BCUT2D eigenvalue weighted by Crippen LogP contribution is -2.49. The highest BCUT2D eigenvalue weighted by Gasteiger charge is 2.58. The van der Waals surface area contributed by atoms with Crippen molar-refractivity contribution in [3.05, 3.63) is 70.2 Å². The summed E-state index contributed by atoms with van der Waals surface area (Å²) in [6.45, 7) is 3.82. The van der Waals surface area contributed by atoms with E-state index in [-0.39, 0.29) is 11.7 Å². The van der Waals surface area contributed by atoms with Crippen LogP contribution in [0.2, 0.25) is 5.02 Å². The Morgan fingerprint density at radius 3 is 2.34 bits per heavy atom. The van der Waals surface area contributed by atoms with Crippen molar-refractivity contribution in [2.75, 3.05) is 23.6 Å². The van der Waals surface area contributed by atoms with Gasteiger partial charge in [0.05, 0.1) is 19.4 Å². The third-order valence-electron chi connectivity index (χ3n) is 4.78. The molecule has 0 bridgehead atoms. The number of allylic oxidation sites excluding steroid dienone is 1. The van der Waals surface area contributed by atoms with Crippen molar-refractivity contribution in [2.45, 2.75) is 18.2 Å². The van der Waals surface area contributed by atoms with E-state index < -0.39 is 16.3 Å². The van der Waals surface area contributed by atoms with E-state index in [0.717, 1.165) is 5.69 Å². The van der Waals surface area contributed by atoms with Gasteiger partial charge in [-0.25, -0.2) is 14.6 Å². The molecule has 0 fully saturated rings. The lowest BCUT2D eigenvalue weighted by atomic mass is 10.2. The Morgan fingerprint density at radius 2 is 1.72 bits per heavy atom. The second kappa shape index (κ2) is 9.09. The van der Waals surface area contributed by atoms with Crippen molar-refractivity contribution in [1.82, 2.24) is 0 Å². The first kappa shape index (κ1) is 22.6. The number of hydrogen-bond donors (Lipinski definition) is 0. The zero-order chi connectivity index (χ0) is 22.9. The van der Waals surface area contributed by atoms with Crippen LogP contribution in [0.1, 0.15) is 13.8 Å². The summed E-state index contributed by atoms with van der Waals surface area (Å²) < 4.78 is 9.24. The number of thioether (sulfide) groups is 2. The molecule has 166 valence electrons. The largest absolute Gasteiger partial charge is 0.465 e. The molecular weight excluding hydrogens is 470 g/mol. The van der Waals surface area contributed by atoms with E-state index in [2.05, 4.69) is 5.10 Å². The average molecular weight is 490 g/mol. The highest BCUT2D eigenvalue weighted by atomic mass is 35.5. The van der Waals surface area contributed by atoms with Crippen LogP contribution < -0.4 is 9.91 Å². The van der Waals surface area contributed by atoms with E-state index in [0.29, 0.717) is 21.3 Å². The number of methoxy groups -OCH3 is 1. The van der Waals surface area contributed by atoms with Gasteiger partial charge in [-0.15, -0.1) is 0 Å². The molecule has 0 aliphatic carbocycles. The van der Waals surface area contributed by atoms with E-state index in [1.54, 1.807) is 24.1 Å². The maximum Gasteiger partial charge on any atom is 0.365 e. The highest BCUT2D eigenvalue weighted by Crippen LogP contribution is 2.60. The van der Waals surface area contributed by atoms with Crippen LogP contribution in [-0.4, -0.2) is 35.0 Å². The fraction of sp³-hybridized carbons (Fsp3) is 0.227. The first-order valence-electron chi connectivity index (χ1n) is 9.75. The molecule has 0 radical (unpaired) electrons. The van der Waals surface area contributed by atoms with Gasteiger partial charge < -0.3 is 14.4 Å². The summed E-state index contributed by atoms with van der Waals surface area (Å²) in [5.74, 6) is -0.974. The fourth-order valence-corrected chi connectivity index (χ4v) is 6.51. The van der Waals surface area contributed by atoms with Gasteiger partial charge in [-0.1, -0.05) is 41.6 Å². The third kappa shape index (κ3) is 3.85. The summed E-state index contributed by atoms with van der Waals surface area (Å²) in [6, 6.07) is 16.8. The van der Waals surface area contributed by atoms with Crippen LogP contribution in [0.5, 0.6) is 0 Å². The number of hydrazone groups is 1. The molecule has 10 heteroatoms. The molecule has 2 aliphatic rings. The minimum atomic E-state index is -1.02. The number of halogens is 1. The summed E-state index contributed by atoms with van der Waals surface area (Å²) in [7, 11) is 1.35. The van der Waals surface area contributed by atoms with Gasteiger partial charge in [0.25, 0.3) is 0 Å². The zero-order valence-electron chi connectivity index (χ0n) is 17.6. The minimum absolute atomic E-state index is 0.189. The quantitative estimate of drug-likeness (QED) is 0.541. The van der Waals surface area contributed by atoms with Crippen LogP contribution in [0.15, 0.2) is 70.3 Å². The summed E-state index contributed by atoms with van der Waals surface area (Å²) in [4.78, 5) is 27.7. The second-order valence-electron chi connectivity index (χ2n) is 6.74. The predicted octanol–water partition coefficient (Wildman–Crippen LogP) is 5.04. The molecule has 0 unspecified atom stereocenters. The van der Waals surface area contributed by atoms with E-state index in [4.69, 9.17) is 21.1 Å². The Kier molecular flexibility index (Phi) is 6.41. The molecule has 0 aromatic heterocycles. The first-order valence-corrected chi connectivity index (χ1v) is 11.8. The summed E-state index contributed by atoms with van der Waals surface area (Å²) in [5.41, 5.74) is 2.23. The molecule has 0 N–H and O–H groups in total. The van der Waals surface area contributed by atoms with Gasteiger partial charge >= 0.3 is 11.9 Å². The van der Waals surface area contributed by atoms with Crippen LogP contribution >= 0.6 is 35.1 Å². The van der Waals surface area contributed by atoms with Gasteiger partial charge in [0, 0.05) is 16.4 Å². The van der Waals surface area contributed by atoms with Crippen molar-refractivity contribution in [3.8, 4) is 0 Å². The van der Waals surface area contributed by atoms with E-state index >= 15 is 0 Å². The van der Waals surface area contributed by atoms with Crippen molar-refractivity contribution < 1.29 is 19.1 Å². The molecule has 2 aromatic carbocycles. The number of benzene rings is 2. The number of esters is 2. The molecule has 1 atom stereocenters. The molecule has 2 heterocycles. The van der Waals surface area contributed by atoms with Crippen LogP contribution in [0.3, 0.4) is 0 Å². The maximum absolute atomic E-state index is 12.7. The Hall–Kier alpha value is -2.62. The molecule has 1 spiro atoms. The number of carbonyl (C=O) groups excluding carboxylic acids is 2. The van der Waals surface area contributed by atoms with E-state index in [9.17, 15) is 9.59 Å². The minimum Gasteiger partial charge on any atom is -0.465 e. The molecule has 4 rings (SSSR count). The molecule has 2 aliphatic heterocycles. The fourth-order valence-electron chi connectivity index (χ4n) is 3.41. The number of carbonyl (C=O) groups is 2. The van der Waals surface area contributed by atoms with Gasteiger partial charge in [0.1, 0.15) is 4.91 Å². The highest BCUT2D eigenvalue weighted by molar-refractivity contribution is 8.29. The Labute approximate surface area is 199 Å². The van der Waals surface area contributed by atoms with Crippen LogP contribution in [0.25, 0.3) is 0 Å². The smallest absolute Gasteiger partial charge is 0.365 e. The Morgan fingerprint density at radius 1 is 1.03 bits per heavy atom. The Bertz CT molecular complexity index is 1110. The van der Waals surface area contributed by atoms with Crippen molar-refractivity contribution >= 4 is 63.5 Å². The number of anilines is 2. The molecule has 0 amide bonds. The van der Waals surface area contributed by atoms with Gasteiger partial charge in [-0.2, -0.15) is 5.10 Å². The Balaban J connectivity index is 1.89. The van der Waals surface area contributed by atoms with Crippen LogP contribution in [-0.2, 0) is 19.1 Å². The lowest BCUT2D eigenvalue weighted by Gasteiger charge is -2.41. The monoisotopic (exact) mass is 489 g/mol. The number of para-hydroxylation sites is 1. The zero-order valence-corrected chi connectivity index (χ0v) is 20.0. The third-order valence-corrected chi connectivity index (χ3v) is 7.88. The van der Waals surface area contributed by atoms with Crippen molar-refractivity contribution in [3.63, 3.8) is 0 Å². The first-order chi connectivity index (χ1) is 15.4. The number of ether oxygens (including phenoxy) is 2. The molecule has 0 saturated heterocycles. The average Bonchev–Trinajstić information content (AvgIpc) is 3.32. The summed E-state index contributed by atoms with van der Waals surface area (Å²) in [5, 5.41) is 7.11. The second-order valence-corrected chi connectivity index (χ2v) is 9.78. The van der Waals surface area contributed by atoms with Crippen molar-refractivity contribution in [2.24, 2.45) is 5.10 Å². The molecular formula is C22H20ClN3O4S2. The predicted molar refractivity (Wildman–Crippen MR) is 130 cm³/mol. The van der Waals surface area contributed by atoms with Crippen LogP contribution in [0, 0.1) is 0 Å². The van der Waals surface area contributed by atoms with Gasteiger partial charge in [0.2, 0.25) is 9.37 Å². The molecule has 7 nitrogen and oxygen atoms in total. The maximum atomic E-state index is 12.7. The van der Waals surface area contributed by atoms with E-state index in [1.807, 2.05) is 54.3 Å². The molecule has 0 saturated carbocycles. The normalized spacial score (nSPS) is 20.1. The van der Waals surface area contributed by atoms with Crippen molar-refractivity contribution in [1.29, 1.82) is 0 Å². The number of nitrogens with zero attached hydrogens (tertiary/aromatic N) is 3. The van der Waals surface area contributed by atoms with Gasteiger partial charge in [0.15, 0.2) is 0 Å². The SMILES string of the molecule is CCOC(=O)C1=NN(c2ccc(Cl)cc2)[C@]2(S1)SC(C(=O)OC)=C(C)N2c1ccccc1. The van der Waals surface area contributed by atoms with Gasteiger partial charge in [-0.3, -0.25) is 0 Å². The van der Waals surface area contributed by atoms with Crippen LogP contribution in [0.4, 0.5) is 11.4 Å². The lowest BCUT2D eigenvalue weighted by molar-refractivity contribution is -0.135. The number of rotatable bonds is 5. The standard InChI is InChI=1S/C22H20ClN3O4S2/c1-4-30-21(28)19-24-26(17-12-10-15(23)11-13-17)22(32-19)25(16-8-6-5-7-9-16)14(2)18(31-22)20(27)29-3/h5-13H,4H2,1-3H3/t22-/m0/s1. The molecule has 2 aromatic rings. The topological polar surface area (TPSA) is 71.4 Å². The number of hydrogen-bond acceptors (Lipinski definition) is 9. The van der Waals surface area contributed by atoms with Gasteiger partial charge in [-0.05, 0) is 62.0 Å². The summed E-state index contributed by atoms with van der Waals surface area (Å²) in [6.07, 6.45) is 0. The molecule has 32 heavy (non-hydrogen) atoms. The van der Waals surface area contributed by atoms with E-state index in [1.165, 1.54) is 30.6 Å². The summed E-state index contributed by atoms with van der Waals surface area (Å²) >= 11 is 8.60.